The van der Waals surface area contributed by atoms with Crippen LogP contribution in [0.1, 0.15) is 11.1 Å². The van der Waals surface area contributed by atoms with Crippen molar-refractivity contribution in [1.82, 2.24) is 0 Å². The summed E-state index contributed by atoms with van der Waals surface area (Å²) >= 11 is 5.89. The van der Waals surface area contributed by atoms with E-state index in [4.69, 9.17) is 21.4 Å². The molecule has 0 bridgehead atoms. The van der Waals surface area contributed by atoms with Crippen LogP contribution in [-0.4, -0.2) is 18.2 Å². The van der Waals surface area contributed by atoms with Gasteiger partial charge in [0.1, 0.15) is 5.75 Å². The average Bonchev–Trinajstić information content (AvgIpc) is 2.19. The van der Waals surface area contributed by atoms with E-state index in [1.165, 1.54) is 7.11 Å². The summed E-state index contributed by atoms with van der Waals surface area (Å²) in [6, 6.07) is 3.23. The first-order valence-electron chi connectivity index (χ1n) is 4.24. The molecule has 1 aromatic carbocycles. The van der Waals surface area contributed by atoms with Crippen LogP contribution >= 0.6 is 11.6 Å². The predicted molar refractivity (Wildman–Crippen MR) is 59.4 cm³/mol. The molecule has 80 valence electrons. The van der Waals surface area contributed by atoms with Crippen molar-refractivity contribution in [3.05, 3.63) is 34.9 Å². The third-order valence-electron chi connectivity index (χ3n) is 2.08. The minimum Gasteiger partial charge on any atom is -0.495 e. The van der Waals surface area contributed by atoms with Crippen molar-refractivity contribution in [3.8, 4) is 5.75 Å². The van der Waals surface area contributed by atoms with Crippen LogP contribution in [-0.2, 0) is 4.79 Å². The maximum Gasteiger partial charge on any atom is 0.335 e. The maximum atomic E-state index is 10.7. The normalized spacial score (nSPS) is 9.80. The Morgan fingerprint density at radius 1 is 1.53 bits per heavy atom. The lowest BCUT2D eigenvalue weighted by molar-refractivity contribution is -0.130. The van der Waals surface area contributed by atoms with Gasteiger partial charge in [0.25, 0.3) is 0 Å². The quantitative estimate of drug-likeness (QED) is 0.807. The number of methoxy groups -OCH3 is 1. The van der Waals surface area contributed by atoms with Gasteiger partial charge in [-0.3, -0.25) is 0 Å². The molecule has 0 fully saturated rings. The molecule has 0 spiro atoms. The van der Waals surface area contributed by atoms with Crippen LogP contribution in [0.25, 0.3) is 5.57 Å². The van der Waals surface area contributed by atoms with Gasteiger partial charge in [-0.1, -0.05) is 18.2 Å². The summed E-state index contributed by atoms with van der Waals surface area (Å²) < 4.78 is 5.01. The highest BCUT2D eigenvalue weighted by Gasteiger charge is 2.13. The maximum absolute atomic E-state index is 10.7. The van der Waals surface area contributed by atoms with E-state index >= 15 is 0 Å². The van der Waals surface area contributed by atoms with Gasteiger partial charge < -0.3 is 9.84 Å². The summed E-state index contributed by atoms with van der Waals surface area (Å²) in [5.41, 5.74) is 1.31. The monoisotopic (exact) mass is 226 g/mol. The highest BCUT2D eigenvalue weighted by atomic mass is 35.5. The molecule has 3 nitrogen and oxygen atoms in total. The molecule has 1 rings (SSSR count). The molecule has 0 heterocycles. The summed E-state index contributed by atoms with van der Waals surface area (Å²) in [5, 5.41) is 9.18. The van der Waals surface area contributed by atoms with E-state index in [2.05, 4.69) is 6.58 Å². The van der Waals surface area contributed by atoms with Crippen LogP contribution in [0.4, 0.5) is 0 Å². The largest absolute Gasteiger partial charge is 0.495 e. The standard InChI is InChI=1S/C11H11ClO3/c1-6-4-10(15-3)9(12)5-8(6)7(2)11(13)14/h4-5H,2H2,1,3H3,(H,13,14). The van der Waals surface area contributed by atoms with Crippen LogP contribution in [0, 0.1) is 6.92 Å². The molecular formula is C11H11ClO3. The Morgan fingerprint density at radius 3 is 2.60 bits per heavy atom. The number of hydrogen-bond donors (Lipinski definition) is 1. The first-order chi connectivity index (χ1) is 6.97. The minimum absolute atomic E-state index is 0.0250. The van der Waals surface area contributed by atoms with E-state index < -0.39 is 5.97 Å². The lowest BCUT2D eigenvalue weighted by Crippen LogP contribution is -2.00. The third-order valence-corrected chi connectivity index (χ3v) is 2.38. The molecule has 0 aliphatic rings. The average molecular weight is 227 g/mol. The predicted octanol–water partition coefficient (Wildman–Crippen LogP) is 2.75. The molecule has 0 aromatic heterocycles. The number of carboxylic acid groups (broad SMARTS) is 1. The van der Waals surface area contributed by atoms with Crippen molar-refractivity contribution in [1.29, 1.82) is 0 Å². The van der Waals surface area contributed by atoms with E-state index in [1.807, 2.05) is 0 Å². The van der Waals surface area contributed by atoms with E-state index in [1.54, 1.807) is 19.1 Å². The summed E-state index contributed by atoms with van der Waals surface area (Å²) in [4.78, 5) is 10.7. The van der Waals surface area contributed by atoms with Crippen molar-refractivity contribution in [3.63, 3.8) is 0 Å². The molecule has 4 heteroatoms. The van der Waals surface area contributed by atoms with Gasteiger partial charge in [0.15, 0.2) is 0 Å². The van der Waals surface area contributed by atoms with Crippen LogP contribution in [0.5, 0.6) is 5.75 Å². The van der Waals surface area contributed by atoms with E-state index in [-0.39, 0.29) is 5.57 Å². The molecule has 0 saturated heterocycles. The number of aliphatic carboxylic acids is 1. The van der Waals surface area contributed by atoms with Crippen molar-refractivity contribution in [2.75, 3.05) is 7.11 Å². The van der Waals surface area contributed by atoms with Crippen molar-refractivity contribution >= 4 is 23.1 Å². The summed E-state index contributed by atoms with van der Waals surface area (Å²) in [7, 11) is 1.51. The first-order valence-corrected chi connectivity index (χ1v) is 4.62. The van der Waals surface area contributed by atoms with Gasteiger partial charge in [-0.05, 0) is 30.2 Å². The highest BCUT2D eigenvalue weighted by molar-refractivity contribution is 6.32. The fraction of sp³-hybridized carbons (Fsp3) is 0.182. The van der Waals surface area contributed by atoms with Gasteiger partial charge in [0.2, 0.25) is 0 Å². The zero-order chi connectivity index (χ0) is 11.6. The molecule has 15 heavy (non-hydrogen) atoms. The Morgan fingerprint density at radius 2 is 2.13 bits per heavy atom. The fourth-order valence-corrected chi connectivity index (χ4v) is 1.49. The Kier molecular flexibility index (Phi) is 3.37. The molecule has 1 aromatic rings. The fourth-order valence-electron chi connectivity index (χ4n) is 1.25. The van der Waals surface area contributed by atoms with Gasteiger partial charge in [-0.25, -0.2) is 4.79 Å². The summed E-state index contributed by atoms with van der Waals surface area (Å²) in [6.45, 7) is 5.26. The number of rotatable bonds is 3. The van der Waals surface area contributed by atoms with E-state index in [9.17, 15) is 4.79 Å². The number of ether oxygens (including phenoxy) is 1. The molecule has 0 radical (unpaired) electrons. The molecule has 0 atom stereocenters. The van der Waals surface area contributed by atoms with Crippen LogP contribution < -0.4 is 4.74 Å². The zero-order valence-corrected chi connectivity index (χ0v) is 9.26. The summed E-state index contributed by atoms with van der Waals surface area (Å²) in [6.07, 6.45) is 0. The topological polar surface area (TPSA) is 46.5 Å². The van der Waals surface area contributed by atoms with Crippen molar-refractivity contribution < 1.29 is 14.6 Å². The lowest BCUT2D eigenvalue weighted by Gasteiger charge is -2.09. The van der Waals surface area contributed by atoms with Gasteiger partial charge in [-0.2, -0.15) is 0 Å². The zero-order valence-electron chi connectivity index (χ0n) is 8.50. The Bertz CT molecular complexity index is 424. The molecule has 0 aliphatic heterocycles. The SMILES string of the molecule is C=C(C(=O)O)c1cc(Cl)c(OC)cc1C. The molecule has 0 saturated carbocycles. The molecule has 1 N–H and O–H groups in total. The minimum atomic E-state index is -1.06. The Balaban J connectivity index is 3.28. The second-order valence-electron chi connectivity index (χ2n) is 3.09. The van der Waals surface area contributed by atoms with Crippen molar-refractivity contribution in [2.24, 2.45) is 0 Å². The number of aryl methyl sites for hydroxylation is 1. The second-order valence-corrected chi connectivity index (χ2v) is 3.49. The van der Waals surface area contributed by atoms with Gasteiger partial charge in [0, 0.05) is 0 Å². The summed E-state index contributed by atoms with van der Waals surface area (Å²) in [5.74, 6) is -0.532. The number of hydrogen-bond acceptors (Lipinski definition) is 2. The number of benzene rings is 1. The Labute approximate surface area is 92.9 Å². The molecule has 0 aliphatic carbocycles. The molecular weight excluding hydrogens is 216 g/mol. The van der Waals surface area contributed by atoms with Crippen LogP contribution in [0.2, 0.25) is 5.02 Å². The second kappa shape index (κ2) is 4.36. The van der Waals surface area contributed by atoms with Crippen molar-refractivity contribution in [2.45, 2.75) is 6.92 Å². The third kappa shape index (κ3) is 2.30. The smallest absolute Gasteiger partial charge is 0.335 e. The first kappa shape index (κ1) is 11.6. The van der Waals surface area contributed by atoms with Crippen LogP contribution in [0.3, 0.4) is 0 Å². The number of carboxylic acids is 1. The molecule has 0 unspecified atom stereocenters. The van der Waals surface area contributed by atoms with Crippen LogP contribution in [0.15, 0.2) is 18.7 Å². The van der Waals surface area contributed by atoms with Gasteiger partial charge >= 0.3 is 5.97 Å². The lowest BCUT2D eigenvalue weighted by atomic mass is 10.0. The number of carbonyl (C=O) groups is 1. The Hall–Kier alpha value is -1.48. The van der Waals surface area contributed by atoms with E-state index in [0.29, 0.717) is 16.3 Å². The van der Waals surface area contributed by atoms with Gasteiger partial charge in [0.05, 0.1) is 17.7 Å². The highest BCUT2D eigenvalue weighted by Crippen LogP contribution is 2.30. The number of halogens is 1. The van der Waals surface area contributed by atoms with E-state index in [0.717, 1.165) is 5.56 Å². The van der Waals surface area contributed by atoms with Gasteiger partial charge in [-0.15, -0.1) is 0 Å². The molecule has 0 amide bonds.